The Bertz CT molecular complexity index is 384. The molecule has 86 valence electrons. The maximum absolute atomic E-state index is 8.73. The van der Waals surface area contributed by atoms with Crippen molar-refractivity contribution in [3.8, 4) is 12.0 Å². The molecular weight excluding hydrogens is 198 g/mol. The van der Waals surface area contributed by atoms with Gasteiger partial charge in [0.05, 0.1) is 0 Å². The number of rotatable bonds is 3. The predicted molar refractivity (Wildman–Crippen MR) is 65.6 cm³/mol. The second kappa shape index (κ2) is 5.03. The zero-order valence-electron chi connectivity index (χ0n) is 10.7. The van der Waals surface area contributed by atoms with Crippen molar-refractivity contribution in [1.29, 1.82) is 5.26 Å². The summed E-state index contributed by atoms with van der Waals surface area (Å²) in [6.07, 6.45) is 1.79. The molecule has 0 atom stereocenters. The lowest BCUT2D eigenvalue weighted by atomic mass is 9.92. The van der Waals surface area contributed by atoms with E-state index in [-0.39, 0.29) is 0 Å². The van der Waals surface area contributed by atoms with Crippen LogP contribution in [0.1, 0.15) is 56.2 Å². The van der Waals surface area contributed by atoms with E-state index in [2.05, 4.69) is 46.8 Å². The Hall–Kier alpha value is -1.49. The molecule has 0 saturated heterocycles. The molecule has 0 saturated carbocycles. The average molecular weight is 217 g/mol. The van der Waals surface area contributed by atoms with Crippen LogP contribution in [0.25, 0.3) is 0 Å². The summed E-state index contributed by atoms with van der Waals surface area (Å²) in [5.41, 5.74) is 3.45. The minimum atomic E-state index is 0.362. The Morgan fingerprint density at radius 2 is 1.50 bits per heavy atom. The Morgan fingerprint density at radius 1 is 1.06 bits per heavy atom. The molecule has 0 unspecified atom stereocenters. The first kappa shape index (κ1) is 12.6. The van der Waals surface area contributed by atoms with Crippen molar-refractivity contribution in [2.75, 3.05) is 0 Å². The zero-order valence-corrected chi connectivity index (χ0v) is 10.7. The number of nitriles is 1. The third-order valence-electron chi connectivity index (χ3n) is 2.68. The fourth-order valence-corrected chi connectivity index (χ4v) is 1.85. The van der Waals surface area contributed by atoms with E-state index in [9.17, 15) is 0 Å². The molecule has 16 heavy (non-hydrogen) atoms. The lowest BCUT2D eigenvalue weighted by Crippen LogP contribution is -2.01. The topological polar surface area (TPSA) is 33.0 Å². The highest BCUT2D eigenvalue weighted by Gasteiger charge is 2.16. The quantitative estimate of drug-likeness (QED) is 0.714. The van der Waals surface area contributed by atoms with Crippen molar-refractivity contribution in [3.05, 3.63) is 28.8 Å². The van der Waals surface area contributed by atoms with Crippen LogP contribution in [-0.4, -0.2) is 0 Å². The highest BCUT2D eigenvalue weighted by atomic mass is 16.5. The third-order valence-corrected chi connectivity index (χ3v) is 2.68. The molecule has 1 aromatic carbocycles. The summed E-state index contributed by atoms with van der Waals surface area (Å²) in [6.45, 7) is 10.5. The summed E-state index contributed by atoms with van der Waals surface area (Å²) in [7, 11) is 0. The molecule has 2 heteroatoms. The van der Waals surface area contributed by atoms with Gasteiger partial charge in [0.25, 0.3) is 6.26 Å². The van der Waals surface area contributed by atoms with Gasteiger partial charge in [-0.15, -0.1) is 5.26 Å². The molecule has 0 fully saturated rings. The first-order valence-electron chi connectivity index (χ1n) is 5.67. The molecule has 0 bridgehead atoms. The first-order chi connectivity index (χ1) is 7.47. The van der Waals surface area contributed by atoms with E-state index in [0.717, 1.165) is 16.9 Å². The van der Waals surface area contributed by atoms with Gasteiger partial charge in [0.2, 0.25) is 0 Å². The summed E-state index contributed by atoms with van der Waals surface area (Å²) in [6, 6.07) is 4.20. The van der Waals surface area contributed by atoms with E-state index in [1.54, 1.807) is 6.26 Å². The van der Waals surface area contributed by atoms with Gasteiger partial charge in [-0.25, -0.2) is 0 Å². The average Bonchev–Trinajstić information content (AvgIpc) is 2.19. The van der Waals surface area contributed by atoms with Crippen molar-refractivity contribution in [1.82, 2.24) is 0 Å². The van der Waals surface area contributed by atoms with Crippen molar-refractivity contribution in [2.45, 2.75) is 46.5 Å². The third kappa shape index (κ3) is 2.55. The lowest BCUT2D eigenvalue weighted by Gasteiger charge is -2.17. The Morgan fingerprint density at radius 3 is 1.81 bits per heavy atom. The zero-order chi connectivity index (χ0) is 12.3. The van der Waals surface area contributed by atoms with Gasteiger partial charge in [0.1, 0.15) is 5.75 Å². The largest absolute Gasteiger partial charge is 0.387 e. The van der Waals surface area contributed by atoms with Crippen molar-refractivity contribution in [2.24, 2.45) is 0 Å². The van der Waals surface area contributed by atoms with Gasteiger partial charge < -0.3 is 4.74 Å². The van der Waals surface area contributed by atoms with Crippen LogP contribution < -0.4 is 4.74 Å². The normalized spacial score (nSPS) is 10.6. The molecule has 0 aliphatic rings. The SMILES string of the molecule is Cc1cc(C(C)C)c(OC#N)c(C(C)C)c1. The van der Waals surface area contributed by atoms with E-state index in [1.165, 1.54) is 5.56 Å². The number of benzene rings is 1. The van der Waals surface area contributed by atoms with Gasteiger partial charge in [0, 0.05) is 0 Å². The summed E-state index contributed by atoms with van der Waals surface area (Å²) < 4.78 is 5.15. The van der Waals surface area contributed by atoms with Crippen molar-refractivity contribution < 1.29 is 4.74 Å². The van der Waals surface area contributed by atoms with Crippen LogP contribution >= 0.6 is 0 Å². The highest BCUT2D eigenvalue weighted by Crippen LogP contribution is 2.35. The highest BCUT2D eigenvalue weighted by molar-refractivity contribution is 5.48. The van der Waals surface area contributed by atoms with Crippen LogP contribution in [0.15, 0.2) is 12.1 Å². The smallest absolute Gasteiger partial charge is 0.292 e. The number of ether oxygens (including phenoxy) is 1. The molecule has 0 amide bonds. The maximum Gasteiger partial charge on any atom is 0.292 e. The molecule has 1 rings (SSSR count). The van der Waals surface area contributed by atoms with E-state index in [0.29, 0.717) is 11.8 Å². The fraction of sp³-hybridized carbons (Fsp3) is 0.500. The van der Waals surface area contributed by atoms with Crippen LogP contribution in [0.5, 0.6) is 5.75 Å². The minimum absolute atomic E-state index is 0.362. The Kier molecular flexibility index (Phi) is 3.95. The minimum Gasteiger partial charge on any atom is -0.387 e. The molecule has 0 heterocycles. The van der Waals surface area contributed by atoms with Gasteiger partial charge in [0.15, 0.2) is 0 Å². The van der Waals surface area contributed by atoms with E-state index in [1.807, 2.05) is 0 Å². The number of hydrogen-bond acceptors (Lipinski definition) is 2. The lowest BCUT2D eigenvalue weighted by molar-refractivity contribution is 0.485. The van der Waals surface area contributed by atoms with Gasteiger partial charge >= 0.3 is 0 Å². The summed E-state index contributed by atoms with van der Waals surface area (Å²) in [5, 5.41) is 8.73. The molecule has 0 radical (unpaired) electrons. The Balaban J connectivity index is 3.42. The number of hydrogen-bond donors (Lipinski definition) is 0. The van der Waals surface area contributed by atoms with Crippen LogP contribution in [0, 0.1) is 18.4 Å². The van der Waals surface area contributed by atoms with Crippen LogP contribution in [0.4, 0.5) is 0 Å². The van der Waals surface area contributed by atoms with E-state index in [4.69, 9.17) is 10.00 Å². The van der Waals surface area contributed by atoms with Crippen molar-refractivity contribution in [3.63, 3.8) is 0 Å². The summed E-state index contributed by atoms with van der Waals surface area (Å²) in [5.74, 6) is 1.47. The molecule has 2 nitrogen and oxygen atoms in total. The second-order valence-electron chi connectivity index (χ2n) is 4.78. The monoisotopic (exact) mass is 217 g/mol. The predicted octanol–water partition coefficient (Wildman–Crippen LogP) is 4.10. The van der Waals surface area contributed by atoms with Crippen LogP contribution in [0.2, 0.25) is 0 Å². The van der Waals surface area contributed by atoms with Gasteiger partial charge in [-0.2, -0.15) is 0 Å². The summed E-state index contributed by atoms with van der Waals surface area (Å²) in [4.78, 5) is 0. The molecule has 0 aromatic heterocycles. The van der Waals surface area contributed by atoms with Gasteiger partial charge in [-0.05, 0) is 29.9 Å². The second-order valence-corrected chi connectivity index (χ2v) is 4.78. The molecule has 0 aliphatic heterocycles. The fourth-order valence-electron chi connectivity index (χ4n) is 1.85. The van der Waals surface area contributed by atoms with Gasteiger partial charge in [-0.1, -0.05) is 45.4 Å². The van der Waals surface area contributed by atoms with Gasteiger partial charge in [-0.3, -0.25) is 0 Å². The molecule has 0 spiro atoms. The molecular formula is C14H19NO. The van der Waals surface area contributed by atoms with Crippen LogP contribution in [-0.2, 0) is 0 Å². The Labute approximate surface area is 97.9 Å². The number of nitrogens with zero attached hydrogens (tertiary/aromatic N) is 1. The molecule has 0 aliphatic carbocycles. The van der Waals surface area contributed by atoms with Crippen molar-refractivity contribution >= 4 is 0 Å². The van der Waals surface area contributed by atoms with Crippen LogP contribution in [0.3, 0.4) is 0 Å². The number of aryl methyl sites for hydroxylation is 1. The van der Waals surface area contributed by atoms with E-state index < -0.39 is 0 Å². The molecule has 1 aromatic rings. The molecule has 0 N–H and O–H groups in total. The van der Waals surface area contributed by atoms with E-state index >= 15 is 0 Å². The first-order valence-corrected chi connectivity index (χ1v) is 5.67. The standard InChI is InChI=1S/C14H19NO/c1-9(2)12-6-11(5)7-13(10(3)4)14(12)16-8-15/h6-7,9-10H,1-5H3. The summed E-state index contributed by atoms with van der Waals surface area (Å²) >= 11 is 0. The maximum atomic E-state index is 8.73.